The lowest BCUT2D eigenvalue weighted by Crippen LogP contribution is -2.12. The van der Waals surface area contributed by atoms with Crippen molar-refractivity contribution in [3.63, 3.8) is 0 Å². The van der Waals surface area contributed by atoms with Crippen molar-refractivity contribution in [3.05, 3.63) is 22.2 Å². The molecule has 4 N–H and O–H groups in total. The van der Waals surface area contributed by atoms with Crippen molar-refractivity contribution in [1.29, 1.82) is 0 Å². The molecule has 14 heavy (non-hydrogen) atoms. The van der Waals surface area contributed by atoms with Crippen molar-refractivity contribution < 1.29 is 14.6 Å². The van der Waals surface area contributed by atoms with Gasteiger partial charge in [-0.2, -0.15) is 0 Å². The van der Waals surface area contributed by atoms with Crippen LogP contribution in [0.25, 0.3) is 0 Å². The van der Waals surface area contributed by atoms with Gasteiger partial charge in [0.05, 0.1) is 22.8 Å². The Morgan fingerprint density at radius 3 is 2.71 bits per heavy atom. The first-order valence-corrected chi connectivity index (χ1v) is 4.47. The van der Waals surface area contributed by atoms with Crippen molar-refractivity contribution in [2.24, 2.45) is 5.84 Å². The number of nitrogens with one attached hydrogen (secondary N) is 1. The first-order chi connectivity index (χ1) is 6.61. The molecular weight excluding hydrogens is 252 g/mol. The van der Waals surface area contributed by atoms with E-state index in [1.807, 2.05) is 0 Å². The lowest BCUT2D eigenvalue weighted by atomic mass is 10.2. The number of nitrogens with two attached hydrogens (primary N) is 1. The summed E-state index contributed by atoms with van der Waals surface area (Å²) < 4.78 is 5.48. The lowest BCUT2D eigenvalue weighted by molar-refractivity contribution is 0.0698. The third-order valence-electron chi connectivity index (χ3n) is 1.70. The van der Waals surface area contributed by atoms with Gasteiger partial charge >= 0.3 is 5.97 Å². The third kappa shape index (κ3) is 1.80. The highest BCUT2D eigenvalue weighted by Crippen LogP contribution is 2.34. The van der Waals surface area contributed by atoms with Crippen molar-refractivity contribution in [2.45, 2.75) is 0 Å². The largest absolute Gasteiger partial charge is 0.495 e. The second-order valence-electron chi connectivity index (χ2n) is 2.45. The Labute approximate surface area is 89.0 Å². The van der Waals surface area contributed by atoms with Crippen LogP contribution >= 0.6 is 15.9 Å². The Hall–Kier alpha value is -1.27. The topological polar surface area (TPSA) is 84.6 Å². The smallest absolute Gasteiger partial charge is 0.337 e. The molecule has 0 saturated carbocycles. The highest BCUT2D eigenvalue weighted by atomic mass is 79.9. The highest BCUT2D eigenvalue weighted by molar-refractivity contribution is 9.10. The molecule has 0 atom stereocenters. The van der Waals surface area contributed by atoms with E-state index in [4.69, 9.17) is 15.7 Å². The fraction of sp³-hybridized carbons (Fsp3) is 0.125. The summed E-state index contributed by atoms with van der Waals surface area (Å²) in [4.78, 5) is 10.8. The summed E-state index contributed by atoms with van der Waals surface area (Å²) in [6, 6.07) is 2.97. The zero-order valence-corrected chi connectivity index (χ0v) is 8.96. The number of halogens is 1. The number of hydrogen-bond acceptors (Lipinski definition) is 4. The molecule has 1 aromatic rings. The van der Waals surface area contributed by atoms with E-state index in [-0.39, 0.29) is 11.3 Å². The van der Waals surface area contributed by atoms with Crippen LogP contribution in [0.15, 0.2) is 16.6 Å². The Kier molecular flexibility index (Phi) is 3.32. The van der Waals surface area contributed by atoms with Crippen LogP contribution in [0.1, 0.15) is 10.4 Å². The molecule has 0 amide bonds. The number of methoxy groups -OCH3 is 1. The number of hydrazine groups is 1. The molecule has 1 aromatic carbocycles. The van der Waals surface area contributed by atoms with Crippen LogP contribution in [-0.4, -0.2) is 18.2 Å². The van der Waals surface area contributed by atoms with Gasteiger partial charge in [0, 0.05) is 0 Å². The van der Waals surface area contributed by atoms with E-state index >= 15 is 0 Å². The van der Waals surface area contributed by atoms with E-state index < -0.39 is 5.97 Å². The van der Waals surface area contributed by atoms with E-state index in [0.29, 0.717) is 10.2 Å². The molecule has 0 heterocycles. The molecule has 0 radical (unpaired) electrons. The van der Waals surface area contributed by atoms with Crippen molar-refractivity contribution in [3.8, 4) is 5.75 Å². The second kappa shape index (κ2) is 4.30. The van der Waals surface area contributed by atoms with Crippen LogP contribution in [0.3, 0.4) is 0 Å². The van der Waals surface area contributed by atoms with Crippen LogP contribution in [0, 0.1) is 0 Å². The van der Waals surface area contributed by atoms with Crippen LogP contribution in [0.4, 0.5) is 5.69 Å². The van der Waals surface area contributed by atoms with Crippen molar-refractivity contribution >= 4 is 27.6 Å². The SMILES string of the molecule is COc1ccc(C(=O)O)c(NN)c1Br. The fourth-order valence-electron chi connectivity index (χ4n) is 1.03. The summed E-state index contributed by atoms with van der Waals surface area (Å²) in [5.74, 6) is 4.68. The molecule has 0 aliphatic carbocycles. The summed E-state index contributed by atoms with van der Waals surface area (Å²) in [7, 11) is 1.49. The van der Waals surface area contributed by atoms with Gasteiger partial charge in [0.2, 0.25) is 0 Å². The zero-order valence-electron chi connectivity index (χ0n) is 7.37. The second-order valence-corrected chi connectivity index (χ2v) is 3.25. The predicted molar refractivity (Wildman–Crippen MR) is 55.5 cm³/mol. The molecule has 0 aliphatic heterocycles. The number of aromatic carboxylic acids is 1. The van der Waals surface area contributed by atoms with Gasteiger partial charge in [-0.05, 0) is 28.1 Å². The average Bonchev–Trinajstić information content (AvgIpc) is 2.17. The molecule has 0 bridgehead atoms. The molecule has 0 aliphatic rings. The number of carboxylic acids is 1. The molecule has 0 spiro atoms. The van der Waals surface area contributed by atoms with Crippen LogP contribution < -0.4 is 16.0 Å². The maximum atomic E-state index is 10.8. The molecule has 1 rings (SSSR count). The van der Waals surface area contributed by atoms with Gasteiger partial charge in [0.25, 0.3) is 0 Å². The number of benzene rings is 1. The van der Waals surface area contributed by atoms with Gasteiger partial charge in [0.15, 0.2) is 0 Å². The summed E-state index contributed by atoms with van der Waals surface area (Å²) >= 11 is 3.19. The summed E-state index contributed by atoms with van der Waals surface area (Å²) in [5, 5.41) is 8.83. The van der Waals surface area contributed by atoms with E-state index in [1.165, 1.54) is 13.2 Å². The summed E-state index contributed by atoms with van der Waals surface area (Å²) in [5.41, 5.74) is 2.68. The van der Waals surface area contributed by atoms with Crippen LogP contribution in [0.2, 0.25) is 0 Å². The molecule has 6 heteroatoms. The monoisotopic (exact) mass is 260 g/mol. The van der Waals surface area contributed by atoms with Gasteiger partial charge in [-0.25, -0.2) is 4.79 Å². The van der Waals surface area contributed by atoms with Gasteiger partial charge in [0.1, 0.15) is 5.75 Å². The quantitative estimate of drug-likeness (QED) is 0.566. The molecule has 0 aromatic heterocycles. The number of nitrogen functional groups attached to an aromatic ring is 1. The number of rotatable bonds is 3. The predicted octanol–water partition coefficient (Wildman–Crippen LogP) is 1.44. The van der Waals surface area contributed by atoms with Gasteiger partial charge in [-0.3, -0.25) is 5.84 Å². The summed E-state index contributed by atoms with van der Waals surface area (Å²) in [6.07, 6.45) is 0. The highest BCUT2D eigenvalue weighted by Gasteiger charge is 2.15. The Balaban J connectivity index is 3.35. The maximum Gasteiger partial charge on any atom is 0.337 e. The Bertz CT molecular complexity index is 368. The van der Waals surface area contributed by atoms with Crippen LogP contribution in [0.5, 0.6) is 5.75 Å². The number of carbonyl (C=O) groups is 1. The van der Waals surface area contributed by atoms with Crippen LogP contribution in [-0.2, 0) is 0 Å². The molecule has 76 valence electrons. The minimum absolute atomic E-state index is 0.0835. The normalized spacial score (nSPS) is 9.64. The summed E-state index contributed by atoms with van der Waals surface area (Å²) in [6.45, 7) is 0. The number of anilines is 1. The van der Waals surface area contributed by atoms with E-state index in [0.717, 1.165) is 0 Å². The lowest BCUT2D eigenvalue weighted by Gasteiger charge is -2.10. The van der Waals surface area contributed by atoms with E-state index in [9.17, 15) is 4.79 Å². The average molecular weight is 261 g/mol. The van der Waals surface area contributed by atoms with Crippen molar-refractivity contribution in [1.82, 2.24) is 0 Å². The zero-order chi connectivity index (χ0) is 10.7. The minimum Gasteiger partial charge on any atom is -0.495 e. The minimum atomic E-state index is -1.05. The number of hydrogen-bond donors (Lipinski definition) is 3. The van der Waals surface area contributed by atoms with E-state index in [1.54, 1.807) is 6.07 Å². The first-order valence-electron chi connectivity index (χ1n) is 3.68. The molecule has 5 nitrogen and oxygen atoms in total. The molecule has 0 saturated heterocycles. The number of ether oxygens (including phenoxy) is 1. The Morgan fingerprint density at radius 2 is 2.29 bits per heavy atom. The van der Waals surface area contributed by atoms with Gasteiger partial charge in [-0.1, -0.05) is 0 Å². The van der Waals surface area contributed by atoms with E-state index in [2.05, 4.69) is 21.4 Å². The molecule has 0 fully saturated rings. The third-order valence-corrected chi connectivity index (χ3v) is 2.49. The fourth-order valence-corrected chi connectivity index (χ4v) is 1.66. The standard InChI is InChI=1S/C8H9BrN2O3/c1-14-5-3-2-4(8(12)13)7(11-10)6(5)9/h2-3,11H,10H2,1H3,(H,12,13). The number of carboxylic acid groups (broad SMARTS) is 1. The maximum absolute atomic E-state index is 10.8. The van der Waals surface area contributed by atoms with Gasteiger partial charge < -0.3 is 15.3 Å². The first kappa shape index (κ1) is 10.8. The Morgan fingerprint density at radius 1 is 1.64 bits per heavy atom. The molecule has 0 unspecified atom stereocenters. The van der Waals surface area contributed by atoms with Crippen molar-refractivity contribution in [2.75, 3.05) is 12.5 Å². The molecular formula is C8H9BrN2O3. The van der Waals surface area contributed by atoms with Gasteiger partial charge in [-0.15, -0.1) is 0 Å².